The zero-order valence-corrected chi connectivity index (χ0v) is 10.3. The van der Waals surface area contributed by atoms with Crippen LogP contribution in [0.2, 0.25) is 0 Å². The second-order valence-corrected chi connectivity index (χ2v) is 5.09. The number of likely N-dealkylation sites (tertiary alicyclic amines) is 1. The molecule has 0 radical (unpaired) electrons. The molecule has 0 aromatic heterocycles. The lowest BCUT2D eigenvalue weighted by molar-refractivity contribution is 0.256. The molecule has 0 aliphatic carbocycles. The summed E-state index contributed by atoms with van der Waals surface area (Å²) in [5, 5.41) is 0. The third kappa shape index (κ3) is 2.45. The smallest absolute Gasteiger partial charge is 0.0239 e. The normalized spacial score (nSPS) is 26.2. The van der Waals surface area contributed by atoms with E-state index < -0.39 is 0 Å². The van der Waals surface area contributed by atoms with E-state index in [0.29, 0.717) is 12.6 Å². The van der Waals surface area contributed by atoms with Crippen LogP contribution in [0.4, 0.5) is 0 Å². The van der Waals surface area contributed by atoms with E-state index in [0.717, 1.165) is 12.5 Å². The van der Waals surface area contributed by atoms with E-state index in [1.54, 1.807) is 0 Å². The minimum atomic E-state index is 0.647. The SMILES string of the molecule is CC1CC(C)N(Cc2ccccc2CN)C1. The molecule has 1 fully saturated rings. The average molecular weight is 218 g/mol. The van der Waals surface area contributed by atoms with Crippen molar-refractivity contribution in [3.63, 3.8) is 0 Å². The molecular formula is C14H22N2. The first-order valence-electron chi connectivity index (χ1n) is 6.21. The van der Waals surface area contributed by atoms with Gasteiger partial charge in [0, 0.05) is 25.7 Å². The summed E-state index contributed by atoms with van der Waals surface area (Å²) in [6, 6.07) is 9.23. The maximum atomic E-state index is 5.77. The predicted molar refractivity (Wildman–Crippen MR) is 68.0 cm³/mol. The Morgan fingerprint density at radius 1 is 1.25 bits per heavy atom. The average Bonchev–Trinajstić information content (AvgIpc) is 2.58. The Morgan fingerprint density at radius 3 is 2.50 bits per heavy atom. The van der Waals surface area contributed by atoms with Gasteiger partial charge in [0.05, 0.1) is 0 Å². The summed E-state index contributed by atoms with van der Waals surface area (Å²) in [4.78, 5) is 2.57. The Labute approximate surface area is 98.4 Å². The Bertz CT molecular complexity index is 348. The van der Waals surface area contributed by atoms with Crippen molar-refractivity contribution in [3.8, 4) is 0 Å². The van der Waals surface area contributed by atoms with Gasteiger partial charge < -0.3 is 5.73 Å². The second-order valence-electron chi connectivity index (χ2n) is 5.09. The van der Waals surface area contributed by atoms with Gasteiger partial charge in [0.15, 0.2) is 0 Å². The quantitative estimate of drug-likeness (QED) is 0.844. The van der Waals surface area contributed by atoms with Crippen LogP contribution in [0.25, 0.3) is 0 Å². The van der Waals surface area contributed by atoms with Crippen molar-refractivity contribution in [2.45, 2.75) is 39.4 Å². The number of hydrogen-bond acceptors (Lipinski definition) is 2. The first-order chi connectivity index (χ1) is 7.70. The summed E-state index contributed by atoms with van der Waals surface area (Å²) >= 11 is 0. The van der Waals surface area contributed by atoms with Crippen LogP contribution < -0.4 is 5.73 Å². The summed E-state index contributed by atoms with van der Waals surface area (Å²) in [5.41, 5.74) is 8.45. The summed E-state index contributed by atoms with van der Waals surface area (Å²) in [5.74, 6) is 0.833. The maximum Gasteiger partial charge on any atom is 0.0239 e. The minimum absolute atomic E-state index is 0.647. The molecule has 2 atom stereocenters. The van der Waals surface area contributed by atoms with E-state index in [1.807, 2.05) is 0 Å². The van der Waals surface area contributed by atoms with E-state index in [-0.39, 0.29) is 0 Å². The fraction of sp³-hybridized carbons (Fsp3) is 0.571. The fourth-order valence-electron chi connectivity index (χ4n) is 2.74. The van der Waals surface area contributed by atoms with Crippen LogP contribution in [-0.2, 0) is 13.1 Å². The van der Waals surface area contributed by atoms with Crippen LogP contribution in [-0.4, -0.2) is 17.5 Å². The standard InChI is InChI=1S/C14H22N2/c1-11-7-12(2)16(9-11)10-14-6-4-3-5-13(14)8-15/h3-6,11-12H,7-10,15H2,1-2H3. The lowest BCUT2D eigenvalue weighted by Gasteiger charge is -2.22. The van der Waals surface area contributed by atoms with Gasteiger partial charge in [-0.2, -0.15) is 0 Å². The van der Waals surface area contributed by atoms with E-state index >= 15 is 0 Å². The van der Waals surface area contributed by atoms with Crippen LogP contribution in [0.3, 0.4) is 0 Å². The van der Waals surface area contributed by atoms with Crippen molar-refractivity contribution in [3.05, 3.63) is 35.4 Å². The Balaban J connectivity index is 2.09. The zero-order valence-electron chi connectivity index (χ0n) is 10.3. The molecule has 1 saturated heterocycles. The molecule has 2 unspecified atom stereocenters. The van der Waals surface area contributed by atoms with Gasteiger partial charge in [-0.15, -0.1) is 0 Å². The minimum Gasteiger partial charge on any atom is -0.326 e. The van der Waals surface area contributed by atoms with Crippen molar-refractivity contribution < 1.29 is 0 Å². The van der Waals surface area contributed by atoms with E-state index in [9.17, 15) is 0 Å². The highest BCUT2D eigenvalue weighted by Crippen LogP contribution is 2.25. The molecule has 0 spiro atoms. The maximum absolute atomic E-state index is 5.77. The lowest BCUT2D eigenvalue weighted by Crippen LogP contribution is -2.27. The Hall–Kier alpha value is -0.860. The van der Waals surface area contributed by atoms with E-state index in [1.165, 1.54) is 24.1 Å². The Kier molecular flexibility index (Phi) is 3.62. The second kappa shape index (κ2) is 4.98. The van der Waals surface area contributed by atoms with Crippen LogP contribution in [0.1, 0.15) is 31.4 Å². The molecule has 0 bridgehead atoms. The molecule has 88 valence electrons. The van der Waals surface area contributed by atoms with Gasteiger partial charge in [-0.25, -0.2) is 0 Å². The monoisotopic (exact) mass is 218 g/mol. The number of hydrogen-bond donors (Lipinski definition) is 1. The molecule has 1 aromatic carbocycles. The highest BCUT2D eigenvalue weighted by molar-refractivity contribution is 5.27. The molecule has 2 nitrogen and oxygen atoms in total. The predicted octanol–water partition coefficient (Wildman–Crippen LogP) is 2.38. The summed E-state index contributed by atoms with van der Waals surface area (Å²) in [6.07, 6.45) is 1.32. The van der Waals surface area contributed by atoms with Crippen molar-refractivity contribution in [2.75, 3.05) is 6.54 Å². The zero-order chi connectivity index (χ0) is 11.5. The topological polar surface area (TPSA) is 29.3 Å². The highest BCUT2D eigenvalue weighted by atomic mass is 15.2. The van der Waals surface area contributed by atoms with Gasteiger partial charge in [-0.3, -0.25) is 4.90 Å². The molecule has 1 heterocycles. The molecule has 2 heteroatoms. The Morgan fingerprint density at radius 2 is 1.94 bits per heavy atom. The first kappa shape index (κ1) is 11.6. The van der Waals surface area contributed by atoms with E-state index in [4.69, 9.17) is 5.73 Å². The summed E-state index contributed by atoms with van der Waals surface area (Å²) in [6.45, 7) is 7.59. The number of nitrogens with zero attached hydrogens (tertiary/aromatic N) is 1. The van der Waals surface area contributed by atoms with Crippen LogP contribution in [0.15, 0.2) is 24.3 Å². The first-order valence-corrected chi connectivity index (χ1v) is 6.21. The summed E-state index contributed by atoms with van der Waals surface area (Å²) in [7, 11) is 0. The van der Waals surface area contributed by atoms with Gasteiger partial charge in [0.1, 0.15) is 0 Å². The molecule has 16 heavy (non-hydrogen) atoms. The van der Waals surface area contributed by atoms with Gasteiger partial charge >= 0.3 is 0 Å². The fourth-order valence-corrected chi connectivity index (χ4v) is 2.74. The third-order valence-electron chi connectivity index (χ3n) is 3.62. The van der Waals surface area contributed by atoms with Crippen molar-refractivity contribution in [1.29, 1.82) is 0 Å². The van der Waals surface area contributed by atoms with Crippen molar-refractivity contribution >= 4 is 0 Å². The highest BCUT2D eigenvalue weighted by Gasteiger charge is 2.26. The van der Waals surface area contributed by atoms with Crippen LogP contribution in [0.5, 0.6) is 0 Å². The van der Waals surface area contributed by atoms with Crippen LogP contribution >= 0.6 is 0 Å². The lowest BCUT2D eigenvalue weighted by atomic mass is 10.1. The molecule has 1 aliphatic rings. The van der Waals surface area contributed by atoms with E-state index in [2.05, 4.69) is 43.0 Å². The molecule has 1 aromatic rings. The largest absolute Gasteiger partial charge is 0.326 e. The molecular weight excluding hydrogens is 196 g/mol. The molecule has 2 N–H and O–H groups in total. The number of benzene rings is 1. The van der Waals surface area contributed by atoms with Gasteiger partial charge in [-0.1, -0.05) is 31.2 Å². The molecule has 1 aliphatic heterocycles. The van der Waals surface area contributed by atoms with Crippen molar-refractivity contribution in [2.24, 2.45) is 11.7 Å². The van der Waals surface area contributed by atoms with Gasteiger partial charge in [0.25, 0.3) is 0 Å². The molecule has 0 amide bonds. The van der Waals surface area contributed by atoms with Gasteiger partial charge in [0.2, 0.25) is 0 Å². The summed E-state index contributed by atoms with van der Waals surface area (Å²) < 4.78 is 0. The molecule has 2 rings (SSSR count). The van der Waals surface area contributed by atoms with Crippen molar-refractivity contribution in [1.82, 2.24) is 4.90 Å². The van der Waals surface area contributed by atoms with Gasteiger partial charge in [-0.05, 0) is 30.4 Å². The van der Waals surface area contributed by atoms with Crippen LogP contribution in [0, 0.1) is 5.92 Å². The molecule has 0 saturated carbocycles. The number of rotatable bonds is 3. The third-order valence-corrected chi connectivity index (χ3v) is 3.62. The number of nitrogens with two attached hydrogens (primary N) is 1.